The van der Waals surface area contributed by atoms with Gasteiger partial charge in [0.1, 0.15) is 5.82 Å². The second-order valence-electron chi connectivity index (χ2n) is 2.97. The third kappa shape index (κ3) is 2.22. The first kappa shape index (κ1) is 12.3. The van der Waals surface area contributed by atoms with Crippen LogP contribution in [0.15, 0.2) is 12.1 Å². The minimum absolute atomic E-state index is 0.169. The van der Waals surface area contributed by atoms with Crippen LogP contribution in [-0.2, 0) is 9.53 Å². The van der Waals surface area contributed by atoms with Crippen LogP contribution >= 0.6 is 0 Å². The summed E-state index contributed by atoms with van der Waals surface area (Å²) in [5.74, 6) is -2.41. The molecule has 16 heavy (non-hydrogen) atoms. The van der Waals surface area contributed by atoms with E-state index in [1.807, 2.05) is 0 Å². The summed E-state index contributed by atoms with van der Waals surface area (Å²) in [5, 5.41) is 19.0. The van der Waals surface area contributed by atoms with Crippen LogP contribution < -0.4 is 4.74 Å². The number of hydrogen-bond donors (Lipinski definition) is 2. The molecule has 1 unspecified atom stereocenters. The summed E-state index contributed by atoms with van der Waals surface area (Å²) in [6, 6.07) is 1.77. The van der Waals surface area contributed by atoms with Gasteiger partial charge in [-0.3, -0.25) is 0 Å². The second-order valence-corrected chi connectivity index (χ2v) is 2.97. The van der Waals surface area contributed by atoms with Crippen molar-refractivity contribution in [3.05, 3.63) is 23.5 Å². The fourth-order valence-electron chi connectivity index (χ4n) is 1.20. The van der Waals surface area contributed by atoms with Crippen LogP contribution in [-0.4, -0.2) is 30.4 Å². The molecule has 0 amide bonds. The Morgan fingerprint density at radius 1 is 1.44 bits per heavy atom. The van der Waals surface area contributed by atoms with Crippen molar-refractivity contribution in [1.82, 2.24) is 0 Å². The Morgan fingerprint density at radius 2 is 2.06 bits per heavy atom. The van der Waals surface area contributed by atoms with Crippen molar-refractivity contribution in [3.8, 4) is 11.5 Å². The van der Waals surface area contributed by atoms with E-state index in [1.165, 1.54) is 7.11 Å². The van der Waals surface area contributed by atoms with Gasteiger partial charge in [0.05, 0.1) is 14.2 Å². The molecule has 5 nitrogen and oxygen atoms in total. The zero-order valence-electron chi connectivity index (χ0n) is 8.73. The number of carbonyl (C=O) groups is 1. The van der Waals surface area contributed by atoms with Crippen LogP contribution in [0.3, 0.4) is 0 Å². The van der Waals surface area contributed by atoms with Gasteiger partial charge >= 0.3 is 5.97 Å². The van der Waals surface area contributed by atoms with Crippen molar-refractivity contribution in [2.24, 2.45) is 0 Å². The zero-order valence-corrected chi connectivity index (χ0v) is 8.73. The molecule has 0 aliphatic carbocycles. The van der Waals surface area contributed by atoms with Crippen molar-refractivity contribution in [2.75, 3.05) is 14.2 Å². The predicted octanol–water partition coefficient (Wildman–Crippen LogP) is 0.746. The summed E-state index contributed by atoms with van der Waals surface area (Å²) in [6.45, 7) is 0. The largest absolute Gasteiger partial charge is 0.504 e. The van der Waals surface area contributed by atoms with Gasteiger partial charge in [-0.2, -0.15) is 0 Å². The number of ether oxygens (including phenoxy) is 2. The molecule has 0 aliphatic heterocycles. The number of aliphatic hydroxyl groups is 1. The molecule has 0 saturated heterocycles. The van der Waals surface area contributed by atoms with Crippen LogP contribution in [0.1, 0.15) is 11.7 Å². The standard InChI is InChI=1S/C10H11FO5/c1-15-7-4-5(11)3-6(8(7)12)9(13)10(14)16-2/h3-4,9,12-13H,1-2H3. The van der Waals surface area contributed by atoms with Crippen LogP contribution in [0.5, 0.6) is 11.5 Å². The number of phenolic OH excluding ortho intramolecular Hbond substituents is 1. The molecule has 1 rings (SSSR count). The number of benzene rings is 1. The van der Waals surface area contributed by atoms with E-state index in [0.717, 1.165) is 19.2 Å². The molecule has 0 saturated carbocycles. The lowest BCUT2D eigenvalue weighted by Crippen LogP contribution is -2.14. The SMILES string of the molecule is COC(=O)C(O)c1cc(F)cc(OC)c1O. The maximum Gasteiger partial charge on any atom is 0.339 e. The van der Waals surface area contributed by atoms with Gasteiger partial charge < -0.3 is 19.7 Å². The third-order valence-electron chi connectivity index (χ3n) is 2.01. The van der Waals surface area contributed by atoms with Gasteiger partial charge in [0, 0.05) is 11.6 Å². The number of rotatable bonds is 3. The van der Waals surface area contributed by atoms with Crippen molar-refractivity contribution in [3.63, 3.8) is 0 Å². The Hall–Kier alpha value is -1.82. The molecule has 6 heteroatoms. The van der Waals surface area contributed by atoms with Gasteiger partial charge in [0.2, 0.25) is 0 Å². The van der Waals surface area contributed by atoms with E-state index in [2.05, 4.69) is 9.47 Å². The molecule has 0 heterocycles. The molecular formula is C10H11FO5. The first-order valence-electron chi connectivity index (χ1n) is 4.33. The van der Waals surface area contributed by atoms with Crippen molar-refractivity contribution in [1.29, 1.82) is 0 Å². The Kier molecular flexibility index (Phi) is 3.68. The van der Waals surface area contributed by atoms with Gasteiger partial charge in [0.25, 0.3) is 0 Å². The molecule has 0 aromatic heterocycles. The summed E-state index contributed by atoms with van der Waals surface area (Å²) < 4.78 is 22.0. The van der Waals surface area contributed by atoms with Crippen LogP contribution in [0.4, 0.5) is 4.39 Å². The number of esters is 1. The maximum absolute atomic E-state index is 13.1. The Morgan fingerprint density at radius 3 is 2.56 bits per heavy atom. The maximum atomic E-state index is 13.1. The molecule has 0 bridgehead atoms. The zero-order chi connectivity index (χ0) is 12.3. The highest BCUT2D eigenvalue weighted by atomic mass is 19.1. The number of aromatic hydroxyl groups is 1. The predicted molar refractivity (Wildman–Crippen MR) is 51.6 cm³/mol. The molecule has 0 aliphatic rings. The number of carbonyl (C=O) groups excluding carboxylic acids is 1. The van der Waals surface area contributed by atoms with E-state index in [9.17, 15) is 19.4 Å². The number of aliphatic hydroxyl groups excluding tert-OH is 1. The van der Waals surface area contributed by atoms with E-state index in [-0.39, 0.29) is 11.3 Å². The highest BCUT2D eigenvalue weighted by Gasteiger charge is 2.24. The van der Waals surface area contributed by atoms with Gasteiger partial charge in [-0.1, -0.05) is 0 Å². The van der Waals surface area contributed by atoms with Gasteiger partial charge in [0.15, 0.2) is 17.6 Å². The average Bonchev–Trinajstić information content (AvgIpc) is 2.29. The lowest BCUT2D eigenvalue weighted by atomic mass is 10.1. The highest BCUT2D eigenvalue weighted by Crippen LogP contribution is 2.35. The van der Waals surface area contributed by atoms with Crippen LogP contribution in [0.25, 0.3) is 0 Å². The summed E-state index contributed by atoms with van der Waals surface area (Å²) in [7, 11) is 2.29. The first-order chi connectivity index (χ1) is 7.51. The van der Waals surface area contributed by atoms with Crippen molar-refractivity contribution < 1.29 is 28.9 Å². The lowest BCUT2D eigenvalue weighted by molar-refractivity contribution is -0.150. The van der Waals surface area contributed by atoms with Gasteiger partial charge in [-0.05, 0) is 6.07 Å². The fraction of sp³-hybridized carbons (Fsp3) is 0.300. The van der Waals surface area contributed by atoms with Crippen molar-refractivity contribution in [2.45, 2.75) is 6.10 Å². The van der Waals surface area contributed by atoms with Crippen molar-refractivity contribution >= 4 is 5.97 Å². The monoisotopic (exact) mass is 230 g/mol. The fourth-order valence-corrected chi connectivity index (χ4v) is 1.20. The molecular weight excluding hydrogens is 219 g/mol. The molecule has 1 aromatic carbocycles. The van der Waals surface area contributed by atoms with Gasteiger partial charge in [-0.25, -0.2) is 9.18 Å². The summed E-state index contributed by atoms with van der Waals surface area (Å²) in [4.78, 5) is 11.0. The second kappa shape index (κ2) is 4.80. The molecule has 1 atom stereocenters. The van der Waals surface area contributed by atoms with E-state index < -0.39 is 23.6 Å². The first-order valence-corrected chi connectivity index (χ1v) is 4.33. The van der Waals surface area contributed by atoms with E-state index in [1.54, 1.807) is 0 Å². The molecule has 0 radical (unpaired) electrons. The number of methoxy groups -OCH3 is 2. The average molecular weight is 230 g/mol. The lowest BCUT2D eigenvalue weighted by Gasteiger charge is -2.12. The molecule has 0 fully saturated rings. The molecule has 0 spiro atoms. The number of halogens is 1. The highest BCUT2D eigenvalue weighted by molar-refractivity contribution is 5.77. The summed E-state index contributed by atoms with van der Waals surface area (Å²) in [6.07, 6.45) is -1.76. The minimum atomic E-state index is -1.76. The minimum Gasteiger partial charge on any atom is -0.504 e. The summed E-state index contributed by atoms with van der Waals surface area (Å²) >= 11 is 0. The molecule has 1 aromatic rings. The van der Waals surface area contributed by atoms with Crippen LogP contribution in [0.2, 0.25) is 0 Å². The number of hydrogen-bond acceptors (Lipinski definition) is 5. The topological polar surface area (TPSA) is 76.0 Å². The molecule has 88 valence electrons. The van der Waals surface area contributed by atoms with E-state index in [4.69, 9.17) is 0 Å². The van der Waals surface area contributed by atoms with E-state index >= 15 is 0 Å². The summed E-state index contributed by atoms with van der Waals surface area (Å²) in [5.41, 5.74) is -0.302. The van der Waals surface area contributed by atoms with Crippen LogP contribution in [0, 0.1) is 5.82 Å². The van der Waals surface area contributed by atoms with Gasteiger partial charge in [-0.15, -0.1) is 0 Å². The van der Waals surface area contributed by atoms with E-state index in [0.29, 0.717) is 0 Å². The smallest absolute Gasteiger partial charge is 0.339 e. The quantitative estimate of drug-likeness (QED) is 0.749. The Bertz CT molecular complexity index is 404. The normalized spacial score (nSPS) is 12.0. The molecule has 2 N–H and O–H groups in total. The Labute approximate surface area is 91.0 Å². The number of phenols is 1. The third-order valence-corrected chi connectivity index (χ3v) is 2.01. The Balaban J connectivity index is 3.22.